The SMILES string of the molecule is O=C(O)c1cn(Cc2nccs2)c2cc(N3CCC(C4CCNCC4)CC3)ccc2c1=O. The molecule has 3 aromatic rings. The van der Waals surface area contributed by atoms with E-state index in [0.717, 1.165) is 54.2 Å². The summed E-state index contributed by atoms with van der Waals surface area (Å²) >= 11 is 1.52. The molecule has 0 atom stereocenters. The molecule has 2 aliphatic heterocycles. The van der Waals surface area contributed by atoms with Crippen LogP contribution in [0.4, 0.5) is 5.69 Å². The zero-order chi connectivity index (χ0) is 22.1. The van der Waals surface area contributed by atoms with Crippen LogP contribution in [0.3, 0.4) is 0 Å². The Morgan fingerprint density at radius 2 is 1.91 bits per heavy atom. The highest BCUT2D eigenvalue weighted by Crippen LogP contribution is 2.33. The van der Waals surface area contributed by atoms with Gasteiger partial charge in [-0.3, -0.25) is 4.79 Å². The molecule has 0 saturated carbocycles. The number of thiazole rings is 1. The highest BCUT2D eigenvalue weighted by Gasteiger charge is 2.28. The van der Waals surface area contributed by atoms with Gasteiger partial charge in [0.05, 0.1) is 12.1 Å². The topological polar surface area (TPSA) is 87.5 Å². The van der Waals surface area contributed by atoms with Crippen molar-refractivity contribution in [3.05, 3.63) is 56.8 Å². The number of hydrogen-bond donors (Lipinski definition) is 2. The minimum Gasteiger partial charge on any atom is -0.477 e. The van der Waals surface area contributed by atoms with Crippen LogP contribution in [0.15, 0.2) is 40.8 Å². The van der Waals surface area contributed by atoms with Gasteiger partial charge in [-0.15, -0.1) is 11.3 Å². The highest BCUT2D eigenvalue weighted by molar-refractivity contribution is 7.09. The number of fused-ring (bicyclic) bond motifs is 1. The molecule has 0 unspecified atom stereocenters. The Balaban J connectivity index is 1.44. The summed E-state index contributed by atoms with van der Waals surface area (Å²) in [5.74, 6) is 0.441. The number of nitrogens with zero attached hydrogens (tertiary/aromatic N) is 3. The van der Waals surface area contributed by atoms with Gasteiger partial charge in [-0.1, -0.05) is 0 Å². The van der Waals surface area contributed by atoms with E-state index in [2.05, 4.69) is 15.2 Å². The molecule has 1 aromatic carbocycles. The molecule has 0 amide bonds. The van der Waals surface area contributed by atoms with E-state index in [1.807, 2.05) is 22.1 Å². The molecule has 2 N–H and O–H groups in total. The summed E-state index contributed by atoms with van der Waals surface area (Å²) in [7, 11) is 0. The zero-order valence-electron chi connectivity index (χ0n) is 18.0. The van der Waals surface area contributed by atoms with E-state index in [4.69, 9.17) is 0 Å². The summed E-state index contributed by atoms with van der Waals surface area (Å²) < 4.78 is 1.85. The minimum absolute atomic E-state index is 0.204. The van der Waals surface area contributed by atoms with Crippen molar-refractivity contribution in [1.29, 1.82) is 0 Å². The lowest BCUT2D eigenvalue weighted by molar-refractivity contribution is 0.0695. The molecule has 8 heteroatoms. The van der Waals surface area contributed by atoms with Crippen LogP contribution in [0, 0.1) is 11.8 Å². The van der Waals surface area contributed by atoms with Crippen LogP contribution < -0.4 is 15.6 Å². The first kappa shape index (κ1) is 21.2. The zero-order valence-corrected chi connectivity index (χ0v) is 18.8. The molecule has 168 valence electrons. The second-order valence-electron chi connectivity index (χ2n) is 8.84. The van der Waals surface area contributed by atoms with E-state index >= 15 is 0 Å². The van der Waals surface area contributed by atoms with Crippen LogP contribution in [0.2, 0.25) is 0 Å². The van der Waals surface area contributed by atoms with Crippen molar-refractivity contribution in [1.82, 2.24) is 14.9 Å². The largest absolute Gasteiger partial charge is 0.477 e. The number of piperidine rings is 2. The smallest absolute Gasteiger partial charge is 0.341 e. The summed E-state index contributed by atoms with van der Waals surface area (Å²) in [5, 5.41) is 16.2. The Hall–Kier alpha value is -2.71. The summed E-state index contributed by atoms with van der Waals surface area (Å²) in [4.78, 5) is 31.2. The number of benzene rings is 1. The minimum atomic E-state index is -1.20. The average Bonchev–Trinajstić information content (AvgIpc) is 3.34. The van der Waals surface area contributed by atoms with Gasteiger partial charge in [-0.25, -0.2) is 9.78 Å². The summed E-state index contributed by atoms with van der Waals surface area (Å²) in [6.45, 7) is 4.76. The third-order valence-electron chi connectivity index (χ3n) is 7.04. The van der Waals surface area contributed by atoms with Gasteiger partial charge in [-0.05, 0) is 68.8 Å². The molecule has 5 rings (SSSR count). The predicted molar refractivity (Wildman–Crippen MR) is 127 cm³/mol. The lowest BCUT2D eigenvalue weighted by Gasteiger charge is -2.38. The van der Waals surface area contributed by atoms with E-state index in [9.17, 15) is 14.7 Å². The van der Waals surface area contributed by atoms with Crippen molar-refractivity contribution in [3.63, 3.8) is 0 Å². The Bertz CT molecular complexity index is 1160. The van der Waals surface area contributed by atoms with E-state index in [-0.39, 0.29) is 5.56 Å². The maximum absolute atomic E-state index is 12.8. The fraction of sp³-hybridized carbons (Fsp3) is 0.458. The second kappa shape index (κ2) is 9.03. The molecular formula is C24H28N4O3S. The van der Waals surface area contributed by atoms with E-state index in [0.29, 0.717) is 11.9 Å². The number of carbonyl (C=O) groups is 1. The molecule has 2 aliphatic rings. The Morgan fingerprint density at radius 3 is 2.59 bits per heavy atom. The number of pyridine rings is 1. The molecular weight excluding hydrogens is 424 g/mol. The number of aromatic nitrogens is 2. The Morgan fingerprint density at radius 1 is 1.16 bits per heavy atom. The summed E-state index contributed by atoms with van der Waals surface area (Å²) in [6.07, 6.45) is 8.17. The highest BCUT2D eigenvalue weighted by atomic mass is 32.1. The standard InChI is InChI=1S/C24H28N4O3S/c29-23-19-2-1-18(27-10-5-17(6-11-27)16-3-7-25-8-4-16)13-21(19)28(14-20(23)24(30)31)15-22-26-9-12-32-22/h1-2,9,12-14,16-17,25H,3-8,10-11,15H2,(H,30,31). The van der Waals surface area contributed by atoms with Gasteiger partial charge in [0.15, 0.2) is 0 Å². The fourth-order valence-electron chi connectivity index (χ4n) is 5.28. The number of hydrogen-bond acceptors (Lipinski definition) is 6. The van der Waals surface area contributed by atoms with Gasteiger partial charge in [-0.2, -0.15) is 0 Å². The van der Waals surface area contributed by atoms with Gasteiger partial charge >= 0.3 is 5.97 Å². The van der Waals surface area contributed by atoms with Crippen molar-refractivity contribution < 1.29 is 9.90 Å². The molecule has 2 aromatic heterocycles. The van der Waals surface area contributed by atoms with Crippen LogP contribution >= 0.6 is 11.3 Å². The number of rotatable bonds is 5. The summed E-state index contributed by atoms with van der Waals surface area (Å²) in [5.41, 5.74) is 1.22. The molecule has 4 heterocycles. The quantitative estimate of drug-likeness (QED) is 0.617. The van der Waals surface area contributed by atoms with Crippen molar-refractivity contribution in [2.24, 2.45) is 11.8 Å². The van der Waals surface area contributed by atoms with Gasteiger partial charge in [0.25, 0.3) is 0 Å². The van der Waals surface area contributed by atoms with Crippen molar-refractivity contribution in [2.45, 2.75) is 32.2 Å². The molecule has 32 heavy (non-hydrogen) atoms. The van der Waals surface area contributed by atoms with E-state index in [1.165, 1.54) is 43.2 Å². The Labute approximate surface area is 190 Å². The van der Waals surface area contributed by atoms with Gasteiger partial charge < -0.3 is 19.9 Å². The number of carboxylic acid groups (broad SMARTS) is 1. The molecule has 2 fully saturated rings. The maximum atomic E-state index is 12.8. The maximum Gasteiger partial charge on any atom is 0.341 e. The molecule has 0 bridgehead atoms. The Kier molecular flexibility index (Phi) is 5.97. The monoisotopic (exact) mass is 452 g/mol. The predicted octanol–water partition coefficient (Wildman–Crippen LogP) is 3.42. The molecule has 0 spiro atoms. The van der Waals surface area contributed by atoms with Crippen LogP contribution in [-0.2, 0) is 6.54 Å². The fourth-order valence-corrected chi connectivity index (χ4v) is 5.89. The first-order valence-corrected chi connectivity index (χ1v) is 12.2. The van der Waals surface area contributed by atoms with E-state index in [1.54, 1.807) is 12.3 Å². The van der Waals surface area contributed by atoms with Crippen molar-refractivity contribution in [3.8, 4) is 0 Å². The van der Waals surface area contributed by atoms with Gasteiger partial charge in [0.2, 0.25) is 5.43 Å². The van der Waals surface area contributed by atoms with Crippen LogP contribution in [0.1, 0.15) is 41.0 Å². The number of carboxylic acids is 1. The van der Waals surface area contributed by atoms with Crippen molar-refractivity contribution in [2.75, 3.05) is 31.1 Å². The molecule has 2 saturated heterocycles. The lowest BCUT2D eigenvalue weighted by atomic mass is 9.79. The first-order valence-electron chi connectivity index (χ1n) is 11.3. The van der Waals surface area contributed by atoms with Crippen LogP contribution in [-0.4, -0.2) is 46.8 Å². The first-order chi connectivity index (χ1) is 15.6. The van der Waals surface area contributed by atoms with Crippen molar-refractivity contribution >= 4 is 33.9 Å². The van der Waals surface area contributed by atoms with Crippen LogP contribution in [0.25, 0.3) is 10.9 Å². The molecule has 0 radical (unpaired) electrons. The third kappa shape index (κ3) is 4.17. The summed E-state index contributed by atoms with van der Waals surface area (Å²) in [6, 6.07) is 5.80. The van der Waals surface area contributed by atoms with Gasteiger partial charge in [0, 0.05) is 41.9 Å². The number of aromatic carboxylic acids is 1. The lowest BCUT2D eigenvalue weighted by Crippen LogP contribution is -2.39. The second-order valence-corrected chi connectivity index (χ2v) is 9.82. The van der Waals surface area contributed by atoms with Crippen LogP contribution in [0.5, 0.6) is 0 Å². The number of nitrogens with one attached hydrogen (secondary N) is 1. The van der Waals surface area contributed by atoms with E-state index < -0.39 is 11.4 Å². The number of anilines is 1. The third-order valence-corrected chi connectivity index (χ3v) is 7.80. The average molecular weight is 453 g/mol. The normalized spacial score (nSPS) is 18.3. The molecule has 7 nitrogen and oxygen atoms in total. The van der Waals surface area contributed by atoms with Gasteiger partial charge in [0.1, 0.15) is 10.6 Å². The molecule has 0 aliphatic carbocycles.